The number of fused-ring (bicyclic) bond motifs is 2. The van der Waals surface area contributed by atoms with Crippen LogP contribution in [0.3, 0.4) is 0 Å². The van der Waals surface area contributed by atoms with Crippen LogP contribution in [0.2, 0.25) is 0 Å². The van der Waals surface area contributed by atoms with E-state index in [-0.39, 0.29) is 0 Å². The van der Waals surface area contributed by atoms with Gasteiger partial charge >= 0.3 is 0 Å². The van der Waals surface area contributed by atoms with Gasteiger partial charge in [-0.1, -0.05) is 0 Å². The van der Waals surface area contributed by atoms with E-state index in [0.717, 1.165) is 12.8 Å². The summed E-state index contributed by atoms with van der Waals surface area (Å²) >= 11 is 0. The number of hydrogen-bond acceptors (Lipinski definition) is 2. The van der Waals surface area contributed by atoms with Crippen molar-refractivity contribution in [3.8, 4) is 0 Å². The van der Waals surface area contributed by atoms with Crippen LogP contribution < -0.4 is 0 Å². The Balaban J connectivity index is 0.000000107. The van der Waals surface area contributed by atoms with Crippen LogP contribution in [0.15, 0.2) is 0 Å². The Labute approximate surface area is 85.6 Å². The molecule has 0 bridgehead atoms. The third kappa shape index (κ3) is 1.82. The van der Waals surface area contributed by atoms with Crippen LogP contribution in [-0.4, -0.2) is 23.9 Å². The van der Waals surface area contributed by atoms with E-state index in [9.17, 15) is 0 Å². The Hall–Kier alpha value is -0.0800. The molecule has 0 aromatic heterocycles. The van der Waals surface area contributed by atoms with E-state index in [1.165, 1.54) is 18.3 Å². The van der Waals surface area contributed by atoms with Gasteiger partial charge in [0.1, 0.15) is 0 Å². The molecule has 80 valence electrons. The summed E-state index contributed by atoms with van der Waals surface area (Å²) in [5, 5.41) is 8.77. The highest BCUT2D eigenvalue weighted by atomic mass is 16.6. The fourth-order valence-corrected chi connectivity index (χ4v) is 2.84. The molecule has 5 atom stereocenters. The summed E-state index contributed by atoms with van der Waals surface area (Å²) in [4.78, 5) is 0. The van der Waals surface area contributed by atoms with Crippen molar-refractivity contribution in [3.63, 3.8) is 0 Å². The molecule has 4 aliphatic rings. The van der Waals surface area contributed by atoms with Crippen LogP contribution in [0, 0.1) is 17.8 Å². The van der Waals surface area contributed by atoms with Crippen molar-refractivity contribution in [2.24, 2.45) is 17.8 Å². The lowest BCUT2D eigenvalue weighted by molar-refractivity contribution is 0.197. The molecule has 0 aromatic rings. The molecule has 1 N–H and O–H groups in total. The minimum atomic E-state index is 0.354. The zero-order chi connectivity index (χ0) is 9.54. The molecular formula is C12H20O2. The van der Waals surface area contributed by atoms with Crippen molar-refractivity contribution in [2.45, 2.75) is 50.7 Å². The van der Waals surface area contributed by atoms with Crippen LogP contribution in [0.4, 0.5) is 0 Å². The number of hydrogen-bond donors (Lipinski definition) is 1. The zero-order valence-corrected chi connectivity index (χ0v) is 8.69. The predicted molar refractivity (Wildman–Crippen MR) is 53.9 cm³/mol. The molecule has 0 spiro atoms. The van der Waals surface area contributed by atoms with Gasteiger partial charge in [-0.2, -0.15) is 0 Å². The summed E-state index contributed by atoms with van der Waals surface area (Å²) in [7, 11) is 0. The molecule has 3 saturated carbocycles. The highest BCUT2D eigenvalue weighted by molar-refractivity contribution is 4.95. The summed E-state index contributed by atoms with van der Waals surface area (Å²) in [6.07, 6.45) is 9.24. The number of aliphatic hydroxyl groups is 1. The first-order chi connectivity index (χ1) is 6.86. The minimum absolute atomic E-state index is 0.354. The standard InChI is InChI=1S/C7H12O2.C5H8/c8-4-5-1-2-6-7(3-5)9-6;1-2-5-3-4(1)5/h5-8H,1-4H2;4-5H,1-3H2. The lowest BCUT2D eigenvalue weighted by Gasteiger charge is -2.14. The molecule has 1 saturated heterocycles. The van der Waals surface area contributed by atoms with Crippen LogP contribution in [0.25, 0.3) is 0 Å². The molecule has 3 aliphatic carbocycles. The van der Waals surface area contributed by atoms with Crippen molar-refractivity contribution in [2.75, 3.05) is 6.61 Å². The number of aliphatic hydroxyl groups excluding tert-OH is 1. The molecule has 0 amide bonds. The van der Waals surface area contributed by atoms with Crippen molar-refractivity contribution in [1.82, 2.24) is 0 Å². The third-order valence-corrected chi connectivity index (χ3v) is 4.35. The number of rotatable bonds is 1. The average Bonchev–Trinajstić information content (AvgIpc) is 3.04. The summed E-state index contributed by atoms with van der Waals surface area (Å²) in [6, 6.07) is 0. The van der Waals surface area contributed by atoms with Gasteiger partial charge in [0.05, 0.1) is 12.2 Å². The first-order valence-corrected chi connectivity index (χ1v) is 6.13. The van der Waals surface area contributed by atoms with Gasteiger partial charge in [-0.3, -0.25) is 0 Å². The van der Waals surface area contributed by atoms with Gasteiger partial charge in [0.25, 0.3) is 0 Å². The van der Waals surface area contributed by atoms with Crippen molar-refractivity contribution in [1.29, 1.82) is 0 Å². The molecule has 2 nitrogen and oxygen atoms in total. The van der Waals surface area contributed by atoms with Gasteiger partial charge < -0.3 is 9.84 Å². The maximum atomic E-state index is 8.77. The second kappa shape index (κ2) is 3.49. The molecule has 4 rings (SSSR count). The van der Waals surface area contributed by atoms with Crippen LogP contribution >= 0.6 is 0 Å². The summed E-state index contributed by atoms with van der Waals surface area (Å²) in [5.41, 5.74) is 0. The maximum absolute atomic E-state index is 8.77. The van der Waals surface area contributed by atoms with E-state index in [0.29, 0.717) is 24.7 Å². The predicted octanol–water partition coefficient (Wildman–Crippen LogP) is 1.96. The van der Waals surface area contributed by atoms with Crippen LogP contribution in [0.5, 0.6) is 0 Å². The fraction of sp³-hybridized carbons (Fsp3) is 1.00. The largest absolute Gasteiger partial charge is 0.396 e. The summed E-state index contributed by atoms with van der Waals surface area (Å²) in [5.74, 6) is 3.00. The first kappa shape index (κ1) is 9.17. The van der Waals surface area contributed by atoms with Crippen LogP contribution in [0.1, 0.15) is 38.5 Å². The highest BCUT2D eigenvalue weighted by Gasteiger charge is 2.44. The number of epoxide rings is 1. The Morgan fingerprint density at radius 1 is 0.929 bits per heavy atom. The molecular weight excluding hydrogens is 176 g/mol. The normalized spacial score (nSPS) is 51.6. The monoisotopic (exact) mass is 196 g/mol. The summed E-state index contributed by atoms with van der Waals surface area (Å²) < 4.78 is 5.30. The second-order valence-electron chi connectivity index (χ2n) is 5.41. The first-order valence-electron chi connectivity index (χ1n) is 6.13. The SMILES string of the molecule is C1CC2CC12.OCC1CCC2OC2C1. The van der Waals surface area contributed by atoms with E-state index in [2.05, 4.69) is 0 Å². The van der Waals surface area contributed by atoms with E-state index in [1.54, 1.807) is 19.3 Å². The Morgan fingerprint density at radius 2 is 1.71 bits per heavy atom. The van der Waals surface area contributed by atoms with E-state index < -0.39 is 0 Å². The molecule has 2 heteroatoms. The molecule has 14 heavy (non-hydrogen) atoms. The highest BCUT2D eigenvalue weighted by Crippen LogP contribution is 2.55. The molecule has 0 aromatic carbocycles. The van der Waals surface area contributed by atoms with Gasteiger partial charge in [-0.15, -0.1) is 0 Å². The van der Waals surface area contributed by atoms with Gasteiger partial charge in [0.2, 0.25) is 0 Å². The molecule has 1 aliphatic heterocycles. The fourth-order valence-electron chi connectivity index (χ4n) is 2.84. The second-order valence-corrected chi connectivity index (χ2v) is 5.41. The Kier molecular flexibility index (Phi) is 2.29. The smallest absolute Gasteiger partial charge is 0.0845 e. The summed E-state index contributed by atoms with van der Waals surface area (Å²) in [6.45, 7) is 0.354. The number of ether oxygens (including phenoxy) is 1. The maximum Gasteiger partial charge on any atom is 0.0845 e. The third-order valence-electron chi connectivity index (χ3n) is 4.35. The molecule has 4 fully saturated rings. The quantitative estimate of drug-likeness (QED) is 0.650. The van der Waals surface area contributed by atoms with Crippen molar-refractivity contribution in [3.05, 3.63) is 0 Å². The molecule has 5 unspecified atom stereocenters. The van der Waals surface area contributed by atoms with E-state index in [4.69, 9.17) is 9.84 Å². The lowest BCUT2D eigenvalue weighted by Crippen LogP contribution is -2.16. The zero-order valence-electron chi connectivity index (χ0n) is 8.69. The minimum Gasteiger partial charge on any atom is -0.396 e. The topological polar surface area (TPSA) is 32.8 Å². The lowest BCUT2D eigenvalue weighted by atomic mass is 9.90. The molecule has 1 heterocycles. The van der Waals surface area contributed by atoms with Gasteiger partial charge in [0, 0.05) is 6.61 Å². The Bertz CT molecular complexity index is 204. The van der Waals surface area contributed by atoms with Gasteiger partial charge in [-0.05, 0) is 56.3 Å². The Morgan fingerprint density at radius 3 is 2.14 bits per heavy atom. The van der Waals surface area contributed by atoms with Crippen molar-refractivity contribution < 1.29 is 9.84 Å². The van der Waals surface area contributed by atoms with E-state index in [1.807, 2.05) is 0 Å². The van der Waals surface area contributed by atoms with Gasteiger partial charge in [0.15, 0.2) is 0 Å². The van der Waals surface area contributed by atoms with Crippen LogP contribution in [-0.2, 0) is 4.74 Å². The molecule has 0 radical (unpaired) electrons. The van der Waals surface area contributed by atoms with E-state index >= 15 is 0 Å². The van der Waals surface area contributed by atoms with Crippen molar-refractivity contribution >= 4 is 0 Å². The van der Waals surface area contributed by atoms with Gasteiger partial charge in [-0.25, -0.2) is 0 Å². The average molecular weight is 196 g/mol.